The van der Waals surface area contributed by atoms with Crippen LogP contribution in [-0.2, 0) is 12.2 Å². The van der Waals surface area contributed by atoms with Crippen molar-refractivity contribution in [3.8, 4) is 0 Å². The first-order valence-electron chi connectivity index (χ1n) is 6.08. The van der Waals surface area contributed by atoms with Crippen LogP contribution < -0.4 is 5.73 Å². The zero-order valence-corrected chi connectivity index (χ0v) is 11.5. The molecule has 5 heteroatoms. The second kappa shape index (κ2) is 6.63. The fraction of sp³-hybridized carbons (Fsp3) is 0.286. The van der Waals surface area contributed by atoms with E-state index in [1.165, 1.54) is 12.1 Å². The zero-order valence-electron chi connectivity index (χ0n) is 10.7. The third-order valence-electron chi connectivity index (χ3n) is 2.48. The molecule has 1 aromatic heterocycles. The summed E-state index contributed by atoms with van der Waals surface area (Å²) in [4.78, 5) is 9.69. The van der Waals surface area contributed by atoms with E-state index in [9.17, 15) is 4.39 Å². The minimum absolute atomic E-state index is 0.0903. The van der Waals surface area contributed by atoms with Crippen LogP contribution in [0.15, 0.2) is 41.4 Å². The molecule has 1 heterocycles. The monoisotopic (exact) mass is 277 g/mol. The lowest BCUT2D eigenvalue weighted by Crippen LogP contribution is -2.18. The predicted octanol–water partition coefficient (Wildman–Crippen LogP) is 2.80. The van der Waals surface area contributed by atoms with Crippen LogP contribution in [0, 0.1) is 5.82 Å². The molecule has 0 radical (unpaired) electrons. The predicted molar refractivity (Wildman–Crippen MR) is 75.3 cm³/mol. The van der Waals surface area contributed by atoms with Crippen molar-refractivity contribution in [2.75, 3.05) is 0 Å². The van der Waals surface area contributed by atoms with Gasteiger partial charge in [0.05, 0.1) is 5.75 Å². The maximum Gasteiger partial charge on any atom is 0.138 e. The Morgan fingerprint density at radius 1 is 1.26 bits per heavy atom. The molecule has 0 spiro atoms. The van der Waals surface area contributed by atoms with Gasteiger partial charge in [0.2, 0.25) is 0 Å². The Labute approximate surface area is 116 Å². The quantitative estimate of drug-likeness (QED) is 0.854. The second-order valence-electron chi connectivity index (χ2n) is 4.39. The fourth-order valence-corrected chi connectivity index (χ4v) is 2.40. The van der Waals surface area contributed by atoms with Gasteiger partial charge < -0.3 is 5.73 Å². The zero-order chi connectivity index (χ0) is 13.7. The molecule has 0 saturated heterocycles. The summed E-state index contributed by atoms with van der Waals surface area (Å²) in [5.74, 6) is 1.21. The van der Waals surface area contributed by atoms with Crippen molar-refractivity contribution in [1.29, 1.82) is 0 Å². The van der Waals surface area contributed by atoms with Crippen molar-refractivity contribution in [2.45, 2.75) is 30.0 Å². The molecule has 0 aliphatic carbocycles. The Hall–Kier alpha value is -1.46. The molecular formula is C14H16FN3S. The third-order valence-corrected chi connectivity index (χ3v) is 3.48. The molecule has 100 valence electrons. The molecule has 2 N–H and O–H groups in total. The lowest BCUT2D eigenvalue weighted by molar-refractivity contribution is 0.626. The van der Waals surface area contributed by atoms with Crippen molar-refractivity contribution in [2.24, 2.45) is 5.73 Å². The molecule has 0 amide bonds. The van der Waals surface area contributed by atoms with Crippen molar-refractivity contribution >= 4 is 11.8 Å². The van der Waals surface area contributed by atoms with Gasteiger partial charge in [-0.25, -0.2) is 14.4 Å². The van der Waals surface area contributed by atoms with Crippen molar-refractivity contribution in [1.82, 2.24) is 9.97 Å². The van der Waals surface area contributed by atoms with Crippen LogP contribution in [0.2, 0.25) is 0 Å². The Kier molecular flexibility index (Phi) is 4.87. The first-order valence-corrected chi connectivity index (χ1v) is 7.07. The summed E-state index contributed by atoms with van der Waals surface area (Å²) in [5.41, 5.74) is 6.71. The highest BCUT2D eigenvalue weighted by molar-refractivity contribution is 7.98. The van der Waals surface area contributed by atoms with Crippen LogP contribution in [0.3, 0.4) is 0 Å². The number of hydrogen-bond acceptors (Lipinski definition) is 4. The van der Waals surface area contributed by atoms with Crippen LogP contribution in [0.4, 0.5) is 4.39 Å². The summed E-state index contributed by atoms with van der Waals surface area (Å²) in [5, 5.41) is 0. The smallest absolute Gasteiger partial charge is 0.138 e. The number of aromatic nitrogens is 2. The molecule has 1 aromatic carbocycles. The van der Waals surface area contributed by atoms with Gasteiger partial charge in [0.25, 0.3) is 0 Å². The molecule has 0 saturated carbocycles. The van der Waals surface area contributed by atoms with Gasteiger partial charge in [0.1, 0.15) is 11.6 Å². The Morgan fingerprint density at radius 2 is 2.00 bits per heavy atom. The fourth-order valence-electron chi connectivity index (χ4n) is 1.63. The van der Waals surface area contributed by atoms with Crippen LogP contribution >= 0.6 is 11.8 Å². The Bertz CT molecular complexity index is 528. The minimum atomic E-state index is -0.223. The standard InChI is InChI=1S/C14H16FN3S/c1-10(16)8-12-6-7-17-14(18-12)9-19-13-4-2-11(15)3-5-13/h2-7,10H,8-9,16H2,1H3. The van der Waals surface area contributed by atoms with E-state index < -0.39 is 0 Å². The summed E-state index contributed by atoms with van der Waals surface area (Å²) in [6.07, 6.45) is 2.50. The molecule has 0 bridgehead atoms. The van der Waals surface area contributed by atoms with Crippen molar-refractivity contribution in [3.63, 3.8) is 0 Å². The lowest BCUT2D eigenvalue weighted by Gasteiger charge is -2.06. The van der Waals surface area contributed by atoms with Gasteiger partial charge in [-0.15, -0.1) is 11.8 Å². The molecule has 2 aromatic rings. The Morgan fingerprint density at radius 3 is 2.68 bits per heavy atom. The Balaban J connectivity index is 1.97. The summed E-state index contributed by atoms with van der Waals surface area (Å²) >= 11 is 1.59. The molecule has 0 aliphatic heterocycles. The average molecular weight is 277 g/mol. The highest BCUT2D eigenvalue weighted by Crippen LogP contribution is 2.21. The maximum atomic E-state index is 12.8. The van der Waals surface area contributed by atoms with E-state index in [4.69, 9.17) is 5.73 Å². The van der Waals surface area contributed by atoms with Gasteiger partial charge in [-0.05, 0) is 37.3 Å². The van der Waals surface area contributed by atoms with Crippen LogP contribution in [0.5, 0.6) is 0 Å². The van der Waals surface area contributed by atoms with Crippen molar-refractivity contribution in [3.05, 3.63) is 53.9 Å². The first kappa shape index (κ1) is 14.0. The van der Waals surface area contributed by atoms with E-state index in [1.807, 2.05) is 13.0 Å². The number of hydrogen-bond donors (Lipinski definition) is 1. The second-order valence-corrected chi connectivity index (χ2v) is 5.44. The summed E-state index contributed by atoms with van der Waals surface area (Å²) < 4.78 is 12.8. The third kappa shape index (κ3) is 4.61. The van der Waals surface area contributed by atoms with E-state index in [-0.39, 0.29) is 11.9 Å². The molecule has 3 nitrogen and oxygen atoms in total. The molecule has 0 fully saturated rings. The number of benzene rings is 1. The van der Waals surface area contributed by atoms with Crippen LogP contribution in [0.25, 0.3) is 0 Å². The van der Waals surface area contributed by atoms with Crippen molar-refractivity contribution < 1.29 is 4.39 Å². The SMILES string of the molecule is CC(N)Cc1ccnc(CSc2ccc(F)cc2)n1. The maximum absolute atomic E-state index is 12.8. The summed E-state index contributed by atoms with van der Waals surface area (Å²) in [6, 6.07) is 8.39. The van der Waals surface area contributed by atoms with E-state index in [0.717, 1.165) is 22.8 Å². The molecule has 19 heavy (non-hydrogen) atoms. The highest BCUT2D eigenvalue weighted by atomic mass is 32.2. The topological polar surface area (TPSA) is 51.8 Å². The average Bonchev–Trinajstić information content (AvgIpc) is 2.38. The van der Waals surface area contributed by atoms with Gasteiger partial charge >= 0.3 is 0 Å². The van der Waals surface area contributed by atoms with Crippen LogP contribution in [-0.4, -0.2) is 16.0 Å². The molecule has 1 atom stereocenters. The van der Waals surface area contributed by atoms with Gasteiger partial charge in [-0.1, -0.05) is 0 Å². The lowest BCUT2D eigenvalue weighted by atomic mass is 10.2. The highest BCUT2D eigenvalue weighted by Gasteiger charge is 2.03. The van der Waals surface area contributed by atoms with Gasteiger partial charge in [-0.2, -0.15) is 0 Å². The summed E-state index contributed by atoms with van der Waals surface area (Å²) in [6.45, 7) is 1.95. The number of nitrogens with zero attached hydrogens (tertiary/aromatic N) is 2. The minimum Gasteiger partial charge on any atom is -0.328 e. The van der Waals surface area contributed by atoms with Crippen LogP contribution in [0.1, 0.15) is 18.4 Å². The molecule has 2 rings (SSSR count). The first-order chi connectivity index (χ1) is 9.13. The normalized spacial score (nSPS) is 12.4. The van der Waals surface area contributed by atoms with E-state index in [1.54, 1.807) is 30.1 Å². The molecular weight excluding hydrogens is 261 g/mol. The molecule has 1 unspecified atom stereocenters. The van der Waals surface area contributed by atoms with E-state index >= 15 is 0 Å². The number of rotatable bonds is 5. The van der Waals surface area contributed by atoms with Gasteiger partial charge in [0.15, 0.2) is 0 Å². The summed E-state index contributed by atoms with van der Waals surface area (Å²) in [7, 11) is 0. The number of thioether (sulfide) groups is 1. The largest absolute Gasteiger partial charge is 0.328 e. The molecule has 0 aliphatic rings. The van der Waals surface area contributed by atoms with E-state index in [2.05, 4.69) is 9.97 Å². The van der Waals surface area contributed by atoms with E-state index in [0.29, 0.717) is 5.75 Å². The van der Waals surface area contributed by atoms with Gasteiger partial charge in [0, 0.05) is 29.2 Å². The van der Waals surface area contributed by atoms with Gasteiger partial charge in [-0.3, -0.25) is 0 Å². The number of nitrogens with two attached hydrogens (primary N) is 1. The number of halogens is 1.